The Morgan fingerprint density at radius 3 is 2.61 bits per heavy atom. The van der Waals surface area contributed by atoms with E-state index in [1.54, 1.807) is 18.5 Å². The van der Waals surface area contributed by atoms with Gasteiger partial charge in [-0.3, -0.25) is 9.52 Å². The standard InChI is InChI=1S/C25H18F3N5O4S/c1-37-25-31-10-14(11-32-25)13-8-15-16(12-30-24(15)29-9-13)23(34)21-18(27)6-7-19(22(21)28)33-38(35,36)20-5-3-2-4-17(20)26/h2-12,25,31,33H,1H3,(H,29,30). The number of nitrogens with zero attached hydrogens (tertiary/aromatic N) is 2. The first kappa shape index (κ1) is 25.2. The third-order valence-corrected chi connectivity index (χ3v) is 7.15. The summed E-state index contributed by atoms with van der Waals surface area (Å²) >= 11 is 0. The molecule has 0 radical (unpaired) electrons. The number of hydrogen-bond donors (Lipinski definition) is 3. The van der Waals surface area contributed by atoms with Crippen LogP contribution >= 0.6 is 0 Å². The molecular weight excluding hydrogens is 523 g/mol. The zero-order valence-corrected chi connectivity index (χ0v) is 20.3. The van der Waals surface area contributed by atoms with Crippen LogP contribution in [0.15, 0.2) is 70.9 Å². The first-order valence-electron chi connectivity index (χ1n) is 11.0. The molecule has 1 unspecified atom stereocenters. The number of allylic oxidation sites excluding steroid dienone is 1. The average molecular weight is 542 g/mol. The first-order valence-corrected chi connectivity index (χ1v) is 12.5. The number of hydrogen-bond acceptors (Lipinski definition) is 7. The summed E-state index contributed by atoms with van der Waals surface area (Å²) < 4.78 is 76.4. The van der Waals surface area contributed by atoms with Crippen molar-refractivity contribution in [2.24, 2.45) is 4.99 Å². The molecule has 0 fully saturated rings. The molecule has 0 saturated heterocycles. The van der Waals surface area contributed by atoms with Crippen LogP contribution in [0.1, 0.15) is 21.5 Å². The number of sulfonamides is 1. The van der Waals surface area contributed by atoms with Gasteiger partial charge in [-0.2, -0.15) is 0 Å². The molecule has 3 N–H and O–H groups in total. The zero-order chi connectivity index (χ0) is 27.0. The summed E-state index contributed by atoms with van der Waals surface area (Å²) in [6, 6.07) is 7.63. The van der Waals surface area contributed by atoms with E-state index in [0.717, 1.165) is 24.3 Å². The maximum Gasteiger partial charge on any atom is 0.264 e. The summed E-state index contributed by atoms with van der Waals surface area (Å²) in [5.74, 6) is -4.78. The van der Waals surface area contributed by atoms with Gasteiger partial charge in [-0.25, -0.2) is 31.6 Å². The molecular formula is C25H18F3N5O4S. The van der Waals surface area contributed by atoms with Gasteiger partial charge in [0.05, 0.1) is 11.3 Å². The van der Waals surface area contributed by atoms with E-state index < -0.39 is 55.8 Å². The van der Waals surface area contributed by atoms with Crippen LogP contribution < -0.4 is 10.0 Å². The lowest BCUT2D eigenvalue weighted by molar-refractivity contribution is 0.0934. The Balaban J connectivity index is 1.52. The molecule has 2 aromatic carbocycles. The summed E-state index contributed by atoms with van der Waals surface area (Å²) in [4.78, 5) is 23.8. The predicted molar refractivity (Wildman–Crippen MR) is 133 cm³/mol. The fourth-order valence-electron chi connectivity index (χ4n) is 3.86. The van der Waals surface area contributed by atoms with Gasteiger partial charge in [0.2, 0.25) is 12.1 Å². The van der Waals surface area contributed by atoms with Crippen LogP contribution in [0.25, 0.3) is 16.6 Å². The molecule has 4 aromatic rings. The predicted octanol–water partition coefficient (Wildman–Crippen LogP) is 3.96. The van der Waals surface area contributed by atoms with E-state index >= 15 is 4.39 Å². The second kappa shape index (κ2) is 9.76. The summed E-state index contributed by atoms with van der Waals surface area (Å²) in [7, 11) is -3.10. The number of H-pyrrole nitrogens is 1. The SMILES string of the molecule is COC1N=CC(c2cnc3[nH]cc(C(=O)c4c(F)ccc(NS(=O)(=O)c5ccccc5F)c4F)c3c2)=CN1. The van der Waals surface area contributed by atoms with Crippen LogP contribution in [0, 0.1) is 17.5 Å². The minimum absolute atomic E-state index is 0.0997. The van der Waals surface area contributed by atoms with Crippen molar-refractivity contribution in [2.45, 2.75) is 11.2 Å². The number of pyridine rings is 1. The van der Waals surface area contributed by atoms with E-state index in [1.807, 2.05) is 4.72 Å². The number of ketones is 1. The molecule has 1 atom stereocenters. The molecule has 194 valence electrons. The van der Waals surface area contributed by atoms with Gasteiger partial charge in [-0.15, -0.1) is 0 Å². The molecule has 0 saturated carbocycles. The molecule has 0 spiro atoms. The van der Waals surface area contributed by atoms with Gasteiger partial charge >= 0.3 is 0 Å². The quantitative estimate of drug-likeness (QED) is 0.304. The third-order valence-electron chi connectivity index (χ3n) is 5.75. The van der Waals surface area contributed by atoms with Gasteiger partial charge in [0.15, 0.2) is 5.82 Å². The Labute approximate surface area is 214 Å². The number of halogens is 3. The molecule has 5 rings (SSSR count). The number of rotatable bonds is 7. The molecule has 0 aliphatic carbocycles. The third kappa shape index (κ3) is 4.53. The fourth-order valence-corrected chi connectivity index (χ4v) is 5.00. The maximum atomic E-state index is 15.4. The number of benzene rings is 2. The van der Waals surface area contributed by atoms with E-state index in [4.69, 9.17) is 4.74 Å². The van der Waals surface area contributed by atoms with Crippen molar-refractivity contribution in [3.8, 4) is 0 Å². The van der Waals surface area contributed by atoms with Crippen molar-refractivity contribution in [1.82, 2.24) is 15.3 Å². The summed E-state index contributed by atoms with van der Waals surface area (Å²) in [6.07, 6.45) is 5.42. The van der Waals surface area contributed by atoms with Crippen molar-refractivity contribution in [3.05, 3.63) is 95.2 Å². The van der Waals surface area contributed by atoms with Gasteiger partial charge in [0.25, 0.3) is 10.0 Å². The number of nitrogens with one attached hydrogen (secondary N) is 3. The molecule has 0 bridgehead atoms. The van der Waals surface area contributed by atoms with Crippen molar-refractivity contribution in [3.63, 3.8) is 0 Å². The number of aromatic amines is 1. The van der Waals surface area contributed by atoms with E-state index in [1.165, 1.54) is 31.6 Å². The second-order valence-corrected chi connectivity index (χ2v) is 9.75. The number of ether oxygens (including phenoxy) is 1. The van der Waals surface area contributed by atoms with Crippen molar-refractivity contribution in [1.29, 1.82) is 0 Å². The number of carbonyl (C=O) groups is 1. The van der Waals surface area contributed by atoms with Gasteiger partial charge < -0.3 is 15.0 Å². The number of anilines is 1. The highest BCUT2D eigenvalue weighted by Gasteiger charge is 2.27. The summed E-state index contributed by atoms with van der Waals surface area (Å²) in [6.45, 7) is 0. The number of aromatic nitrogens is 2. The normalized spacial score (nSPS) is 15.3. The number of carbonyl (C=O) groups excluding carboxylic acids is 1. The van der Waals surface area contributed by atoms with Crippen LogP contribution in [0.5, 0.6) is 0 Å². The fraction of sp³-hybridized carbons (Fsp3) is 0.0800. The van der Waals surface area contributed by atoms with Crippen molar-refractivity contribution >= 4 is 44.3 Å². The molecule has 0 amide bonds. The highest BCUT2D eigenvalue weighted by molar-refractivity contribution is 7.92. The zero-order valence-electron chi connectivity index (χ0n) is 19.5. The van der Waals surface area contributed by atoms with E-state index in [9.17, 15) is 22.0 Å². The van der Waals surface area contributed by atoms with Crippen LogP contribution in [0.3, 0.4) is 0 Å². The highest BCUT2D eigenvalue weighted by atomic mass is 32.2. The lowest BCUT2D eigenvalue weighted by Crippen LogP contribution is -2.27. The minimum Gasteiger partial charge on any atom is -0.347 e. The lowest BCUT2D eigenvalue weighted by atomic mass is 10.00. The van der Waals surface area contributed by atoms with Crippen LogP contribution in [0.4, 0.5) is 18.9 Å². The molecule has 38 heavy (non-hydrogen) atoms. The van der Waals surface area contributed by atoms with Gasteiger partial charge in [-0.1, -0.05) is 12.1 Å². The van der Waals surface area contributed by atoms with Crippen LogP contribution in [0.2, 0.25) is 0 Å². The van der Waals surface area contributed by atoms with Crippen LogP contribution in [-0.2, 0) is 14.8 Å². The number of fused-ring (bicyclic) bond motifs is 1. The Bertz CT molecular complexity index is 1750. The molecule has 9 nitrogen and oxygen atoms in total. The minimum atomic E-state index is -4.58. The maximum absolute atomic E-state index is 15.4. The number of aliphatic imine (C=N–C) groups is 1. The molecule has 2 aromatic heterocycles. The second-order valence-electron chi connectivity index (χ2n) is 8.10. The Morgan fingerprint density at radius 2 is 1.89 bits per heavy atom. The summed E-state index contributed by atoms with van der Waals surface area (Å²) in [5, 5.41) is 3.18. The largest absolute Gasteiger partial charge is 0.347 e. The lowest BCUT2D eigenvalue weighted by Gasteiger charge is -2.16. The highest BCUT2D eigenvalue weighted by Crippen LogP contribution is 2.29. The van der Waals surface area contributed by atoms with Gasteiger partial charge in [-0.05, 0) is 30.3 Å². The van der Waals surface area contributed by atoms with E-state index in [0.29, 0.717) is 11.1 Å². The van der Waals surface area contributed by atoms with E-state index in [-0.39, 0.29) is 16.6 Å². The average Bonchev–Trinajstić information content (AvgIpc) is 3.34. The first-order chi connectivity index (χ1) is 18.2. The molecule has 1 aliphatic rings. The Morgan fingerprint density at radius 1 is 1.11 bits per heavy atom. The van der Waals surface area contributed by atoms with Crippen molar-refractivity contribution in [2.75, 3.05) is 11.8 Å². The monoisotopic (exact) mass is 541 g/mol. The van der Waals surface area contributed by atoms with Gasteiger partial charge in [0, 0.05) is 54.0 Å². The summed E-state index contributed by atoms with van der Waals surface area (Å²) in [5.41, 5.74) is -0.353. The molecule has 13 heteroatoms. The van der Waals surface area contributed by atoms with Gasteiger partial charge in [0.1, 0.15) is 22.2 Å². The number of methoxy groups -OCH3 is 1. The van der Waals surface area contributed by atoms with E-state index in [2.05, 4.69) is 20.3 Å². The topological polar surface area (TPSA) is 126 Å². The Hall–Kier alpha value is -4.49. The smallest absolute Gasteiger partial charge is 0.264 e. The van der Waals surface area contributed by atoms with Crippen LogP contribution in [-0.4, -0.2) is 43.8 Å². The Kier molecular flexibility index (Phi) is 6.46. The molecule has 1 aliphatic heterocycles. The van der Waals surface area contributed by atoms with Crippen molar-refractivity contribution < 1.29 is 31.1 Å². The molecule has 3 heterocycles.